The van der Waals surface area contributed by atoms with Crippen molar-refractivity contribution in [1.82, 2.24) is 0 Å². The van der Waals surface area contributed by atoms with Crippen LogP contribution in [0.2, 0.25) is 0 Å². The Kier molecular flexibility index (Phi) is 5.00. The number of hydrogen-bond acceptors (Lipinski definition) is 3. The van der Waals surface area contributed by atoms with Gasteiger partial charge in [-0.15, -0.1) is 0 Å². The summed E-state index contributed by atoms with van der Waals surface area (Å²) in [7, 11) is 0. The third-order valence-electron chi connectivity index (χ3n) is 2.86. The molecular formula is C15H11BrINO3. The first-order chi connectivity index (χ1) is 9.88. The second-order valence-electron chi connectivity index (χ2n) is 4.39. The number of rotatable bonds is 3. The van der Waals surface area contributed by atoms with E-state index < -0.39 is 5.97 Å². The van der Waals surface area contributed by atoms with Gasteiger partial charge >= 0.3 is 5.97 Å². The van der Waals surface area contributed by atoms with Crippen molar-refractivity contribution in [2.24, 2.45) is 4.99 Å². The van der Waals surface area contributed by atoms with Crippen LogP contribution in [0.15, 0.2) is 39.8 Å². The van der Waals surface area contributed by atoms with E-state index in [1.54, 1.807) is 18.2 Å². The zero-order valence-corrected chi connectivity index (χ0v) is 14.7. The molecule has 21 heavy (non-hydrogen) atoms. The molecule has 0 radical (unpaired) electrons. The highest BCUT2D eigenvalue weighted by Gasteiger charge is 2.07. The number of halogens is 2. The number of carbonyl (C=O) groups is 1. The molecule has 0 aliphatic rings. The van der Waals surface area contributed by atoms with Crippen LogP contribution >= 0.6 is 38.5 Å². The molecule has 0 amide bonds. The number of aliphatic imine (C=N–C) groups is 1. The molecule has 0 atom stereocenters. The van der Waals surface area contributed by atoms with Gasteiger partial charge in [0.15, 0.2) is 0 Å². The van der Waals surface area contributed by atoms with Crippen LogP contribution in [0.4, 0.5) is 5.69 Å². The summed E-state index contributed by atoms with van der Waals surface area (Å²) in [5.41, 5.74) is 2.17. The lowest BCUT2D eigenvalue weighted by Crippen LogP contribution is -1.95. The molecular weight excluding hydrogens is 449 g/mol. The van der Waals surface area contributed by atoms with Gasteiger partial charge in [-0.05, 0) is 59.3 Å². The number of carboxylic acids is 1. The third-order valence-corrected chi connectivity index (χ3v) is 4.14. The molecule has 0 aromatic heterocycles. The second kappa shape index (κ2) is 6.57. The minimum absolute atomic E-state index is 0.148. The highest BCUT2D eigenvalue weighted by molar-refractivity contribution is 14.1. The number of carboxylic acid groups (broad SMARTS) is 1. The number of benzene rings is 2. The predicted octanol–water partition coefficient (Wildman–Crippen LogP) is 4.52. The maximum atomic E-state index is 11.0. The van der Waals surface area contributed by atoms with Gasteiger partial charge in [0.05, 0.1) is 14.8 Å². The van der Waals surface area contributed by atoms with Gasteiger partial charge in [0.1, 0.15) is 5.75 Å². The average Bonchev–Trinajstić information content (AvgIpc) is 2.42. The van der Waals surface area contributed by atoms with Crippen LogP contribution in [0.25, 0.3) is 0 Å². The topological polar surface area (TPSA) is 69.9 Å². The molecule has 0 unspecified atom stereocenters. The van der Waals surface area contributed by atoms with Gasteiger partial charge in [-0.25, -0.2) is 4.79 Å². The fraction of sp³-hybridized carbons (Fsp3) is 0.0667. The van der Waals surface area contributed by atoms with E-state index in [9.17, 15) is 9.90 Å². The molecule has 6 heteroatoms. The quantitative estimate of drug-likeness (QED) is 0.523. The van der Waals surface area contributed by atoms with Gasteiger partial charge < -0.3 is 10.2 Å². The van der Waals surface area contributed by atoms with Gasteiger partial charge in [-0.3, -0.25) is 4.99 Å². The monoisotopic (exact) mass is 459 g/mol. The molecule has 0 heterocycles. The zero-order chi connectivity index (χ0) is 15.6. The molecule has 0 saturated heterocycles. The van der Waals surface area contributed by atoms with E-state index in [0.717, 1.165) is 10.0 Å². The van der Waals surface area contributed by atoms with Crippen molar-refractivity contribution in [3.8, 4) is 5.75 Å². The second-order valence-corrected chi connectivity index (χ2v) is 6.47. The number of phenols is 1. The van der Waals surface area contributed by atoms with E-state index >= 15 is 0 Å². The van der Waals surface area contributed by atoms with Crippen LogP contribution in [0.5, 0.6) is 5.75 Å². The number of phenolic OH excluding ortho intramolecular Hbond substituents is 1. The Morgan fingerprint density at radius 1 is 1.33 bits per heavy atom. The molecule has 2 aromatic carbocycles. The van der Waals surface area contributed by atoms with E-state index in [1.807, 2.05) is 29.5 Å². The van der Waals surface area contributed by atoms with E-state index in [0.29, 0.717) is 14.8 Å². The highest BCUT2D eigenvalue weighted by atomic mass is 127. The molecule has 2 aromatic rings. The Hall–Kier alpha value is -1.41. The SMILES string of the molecule is Cc1ccc(C(=O)O)cc1N=Cc1cc(Br)cc(I)c1O. The minimum Gasteiger partial charge on any atom is -0.506 e. The number of hydrogen-bond donors (Lipinski definition) is 2. The van der Waals surface area contributed by atoms with Crippen molar-refractivity contribution in [1.29, 1.82) is 0 Å². The summed E-state index contributed by atoms with van der Waals surface area (Å²) >= 11 is 5.39. The van der Waals surface area contributed by atoms with Crippen molar-refractivity contribution in [3.05, 3.63) is 55.1 Å². The fourth-order valence-corrected chi connectivity index (χ4v) is 3.26. The first kappa shape index (κ1) is 16.0. The van der Waals surface area contributed by atoms with E-state index in [-0.39, 0.29) is 11.3 Å². The van der Waals surface area contributed by atoms with Crippen molar-refractivity contribution in [3.63, 3.8) is 0 Å². The third kappa shape index (κ3) is 3.82. The molecule has 0 bridgehead atoms. The Morgan fingerprint density at radius 2 is 2.05 bits per heavy atom. The summed E-state index contributed by atoms with van der Waals surface area (Å²) in [6, 6.07) is 8.30. The molecule has 0 saturated carbocycles. The summed E-state index contributed by atoms with van der Waals surface area (Å²) in [6.07, 6.45) is 1.52. The lowest BCUT2D eigenvalue weighted by atomic mass is 10.1. The van der Waals surface area contributed by atoms with Crippen LogP contribution in [0.3, 0.4) is 0 Å². The molecule has 0 spiro atoms. The fourth-order valence-electron chi connectivity index (χ4n) is 1.70. The Bertz CT molecular complexity index is 744. The van der Waals surface area contributed by atoms with Gasteiger partial charge in [0.25, 0.3) is 0 Å². The van der Waals surface area contributed by atoms with E-state index in [4.69, 9.17) is 5.11 Å². The Morgan fingerprint density at radius 3 is 2.71 bits per heavy atom. The van der Waals surface area contributed by atoms with E-state index in [1.165, 1.54) is 18.3 Å². The average molecular weight is 460 g/mol. The number of aromatic hydroxyl groups is 1. The van der Waals surface area contributed by atoms with Crippen LogP contribution in [-0.2, 0) is 0 Å². The molecule has 0 aliphatic carbocycles. The van der Waals surface area contributed by atoms with Crippen LogP contribution < -0.4 is 0 Å². The number of aryl methyl sites for hydroxylation is 1. The lowest BCUT2D eigenvalue weighted by Gasteiger charge is -2.04. The maximum Gasteiger partial charge on any atom is 0.335 e. The summed E-state index contributed by atoms with van der Waals surface area (Å²) < 4.78 is 1.54. The summed E-state index contributed by atoms with van der Waals surface area (Å²) in [4.78, 5) is 15.3. The molecule has 0 fully saturated rings. The van der Waals surface area contributed by atoms with Crippen LogP contribution in [0, 0.1) is 10.5 Å². The zero-order valence-electron chi connectivity index (χ0n) is 11.0. The predicted molar refractivity (Wildman–Crippen MR) is 93.9 cm³/mol. The summed E-state index contributed by atoms with van der Waals surface area (Å²) in [5, 5.41) is 19.0. The maximum absolute atomic E-state index is 11.0. The minimum atomic E-state index is -0.994. The largest absolute Gasteiger partial charge is 0.506 e. The Labute approximate surface area is 143 Å². The standard InChI is InChI=1S/C15H11BrINO3/c1-8-2-3-9(15(20)21)5-13(8)18-7-10-4-11(16)6-12(17)14(10)19/h2-7,19H,1H3,(H,20,21). The lowest BCUT2D eigenvalue weighted by molar-refractivity contribution is 0.0697. The van der Waals surface area contributed by atoms with Crippen molar-refractivity contribution >= 4 is 56.4 Å². The first-order valence-corrected chi connectivity index (χ1v) is 7.81. The van der Waals surface area contributed by atoms with Crippen molar-refractivity contribution in [2.45, 2.75) is 6.92 Å². The van der Waals surface area contributed by atoms with Gasteiger partial charge in [0.2, 0.25) is 0 Å². The number of nitrogens with zero attached hydrogens (tertiary/aromatic N) is 1. The summed E-state index contributed by atoms with van der Waals surface area (Å²) in [6.45, 7) is 1.85. The summed E-state index contributed by atoms with van der Waals surface area (Å²) in [5.74, 6) is -0.846. The van der Waals surface area contributed by atoms with Crippen molar-refractivity contribution < 1.29 is 15.0 Å². The number of aromatic carboxylic acids is 1. The van der Waals surface area contributed by atoms with Gasteiger partial charge in [-0.2, -0.15) is 0 Å². The Balaban J connectivity index is 2.42. The normalized spacial score (nSPS) is 11.0. The van der Waals surface area contributed by atoms with Crippen LogP contribution in [-0.4, -0.2) is 22.4 Å². The molecule has 2 N–H and O–H groups in total. The smallest absolute Gasteiger partial charge is 0.335 e. The first-order valence-electron chi connectivity index (χ1n) is 5.94. The molecule has 4 nitrogen and oxygen atoms in total. The highest BCUT2D eigenvalue weighted by Crippen LogP contribution is 2.28. The molecule has 0 aliphatic heterocycles. The van der Waals surface area contributed by atoms with Gasteiger partial charge in [0, 0.05) is 16.3 Å². The van der Waals surface area contributed by atoms with Gasteiger partial charge in [-0.1, -0.05) is 22.0 Å². The molecule has 108 valence electrons. The van der Waals surface area contributed by atoms with Crippen molar-refractivity contribution in [2.75, 3.05) is 0 Å². The molecule has 2 rings (SSSR count). The van der Waals surface area contributed by atoms with E-state index in [2.05, 4.69) is 20.9 Å². The van der Waals surface area contributed by atoms with Crippen LogP contribution in [0.1, 0.15) is 21.5 Å².